The van der Waals surface area contributed by atoms with Gasteiger partial charge in [-0.15, -0.1) is 0 Å². The van der Waals surface area contributed by atoms with E-state index < -0.39 is 11.0 Å². The number of carbonyl (C=O) groups is 1. The summed E-state index contributed by atoms with van der Waals surface area (Å²) < 4.78 is 11.0. The molecule has 9 nitrogen and oxygen atoms in total. The minimum Gasteiger partial charge on any atom is -0.490 e. The fourth-order valence-corrected chi connectivity index (χ4v) is 2.46. The van der Waals surface area contributed by atoms with Gasteiger partial charge in [-0.3, -0.25) is 10.1 Å². The van der Waals surface area contributed by atoms with Crippen LogP contribution >= 0.6 is 0 Å². The molecule has 2 aromatic carbocycles. The van der Waals surface area contributed by atoms with Crippen LogP contribution in [0.5, 0.6) is 11.5 Å². The van der Waals surface area contributed by atoms with E-state index in [1.54, 1.807) is 19.1 Å². The van der Waals surface area contributed by atoms with Gasteiger partial charge in [0.2, 0.25) is 5.75 Å². The maximum Gasteiger partial charge on any atom is 0.339 e. The third-order valence-electron chi connectivity index (χ3n) is 3.78. The van der Waals surface area contributed by atoms with Gasteiger partial charge < -0.3 is 14.8 Å². The molecule has 2 aromatic rings. The monoisotopic (exact) mass is 400 g/mol. The van der Waals surface area contributed by atoms with Crippen molar-refractivity contribution >= 4 is 23.6 Å². The maximum absolute atomic E-state index is 12.0. The smallest absolute Gasteiger partial charge is 0.339 e. The molecule has 0 saturated carbocycles. The van der Waals surface area contributed by atoms with E-state index in [-0.39, 0.29) is 17.2 Å². The van der Waals surface area contributed by atoms with Crippen molar-refractivity contribution in [3.8, 4) is 11.5 Å². The van der Waals surface area contributed by atoms with Crippen molar-refractivity contribution in [3.63, 3.8) is 0 Å². The number of carbonyl (C=O) groups excluding carboxylic acids is 1. The average molecular weight is 400 g/mol. The minimum absolute atomic E-state index is 0.0844. The van der Waals surface area contributed by atoms with Crippen LogP contribution in [0.4, 0.5) is 16.2 Å². The van der Waals surface area contributed by atoms with E-state index in [9.17, 15) is 14.9 Å². The Morgan fingerprint density at radius 3 is 2.66 bits per heavy atom. The van der Waals surface area contributed by atoms with E-state index >= 15 is 0 Å². The summed E-state index contributed by atoms with van der Waals surface area (Å²) in [7, 11) is 0. The first kappa shape index (κ1) is 21.7. The zero-order valence-corrected chi connectivity index (χ0v) is 16.6. The van der Waals surface area contributed by atoms with Crippen molar-refractivity contribution < 1.29 is 19.2 Å². The highest BCUT2D eigenvalue weighted by molar-refractivity contribution is 5.91. The van der Waals surface area contributed by atoms with Gasteiger partial charge in [-0.2, -0.15) is 5.10 Å². The molecule has 2 N–H and O–H groups in total. The molecule has 29 heavy (non-hydrogen) atoms. The molecule has 0 aliphatic carbocycles. The van der Waals surface area contributed by atoms with Crippen LogP contribution in [0.3, 0.4) is 0 Å². The molecule has 0 atom stereocenters. The molecule has 2 amide bonds. The highest BCUT2D eigenvalue weighted by atomic mass is 16.6. The number of para-hydroxylation sites is 1. The van der Waals surface area contributed by atoms with Crippen LogP contribution in [-0.2, 0) is 0 Å². The van der Waals surface area contributed by atoms with Gasteiger partial charge in [0.1, 0.15) is 0 Å². The second-order valence-corrected chi connectivity index (χ2v) is 6.04. The van der Waals surface area contributed by atoms with Gasteiger partial charge in [0.25, 0.3) is 0 Å². The van der Waals surface area contributed by atoms with Crippen LogP contribution in [0, 0.1) is 17.0 Å². The molecule has 0 bridgehead atoms. The summed E-state index contributed by atoms with van der Waals surface area (Å²) in [6.07, 6.45) is 2.00. The number of nitro groups is 1. The van der Waals surface area contributed by atoms with Crippen molar-refractivity contribution in [2.24, 2.45) is 5.10 Å². The zero-order valence-electron chi connectivity index (χ0n) is 16.6. The molecule has 0 aromatic heterocycles. The number of aryl methyl sites for hydroxylation is 1. The minimum atomic E-state index is -0.539. The second-order valence-electron chi connectivity index (χ2n) is 6.04. The fraction of sp³-hybridized carbons (Fsp3) is 0.300. The van der Waals surface area contributed by atoms with Crippen molar-refractivity contribution in [2.75, 3.05) is 18.5 Å². The number of ether oxygens (including phenoxy) is 2. The summed E-state index contributed by atoms with van der Waals surface area (Å²) >= 11 is 0. The lowest BCUT2D eigenvalue weighted by Crippen LogP contribution is -2.24. The highest BCUT2D eigenvalue weighted by Crippen LogP contribution is 2.38. The maximum atomic E-state index is 12.0. The first-order chi connectivity index (χ1) is 14.0. The average Bonchev–Trinajstić information content (AvgIpc) is 2.69. The predicted molar refractivity (Wildman–Crippen MR) is 111 cm³/mol. The number of hydrazone groups is 1. The van der Waals surface area contributed by atoms with Crippen molar-refractivity contribution in [3.05, 3.63) is 57.6 Å². The number of nitro benzene ring substituents is 1. The number of hydrogen-bond donors (Lipinski definition) is 2. The predicted octanol–water partition coefficient (Wildman–Crippen LogP) is 4.25. The quantitative estimate of drug-likeness (QED) is 0.371. The molecule has 0 spiro atoms. The largest absolute Gasteiger partial charge is 0.490 e. The van der Waals surface area contributed by atoms with Crippen LogP contribution in [0.25, 0.3) is 0 Å². The fourth-order valence-electron chi connectivity index (χ4n) is 2.46. The SMILES string of the molecule is CCCOc1c(OCC)cc(/C=N\NC(=O)Nc2ccccc2C)cc1[N+](=O)[O-]. The molecule has 9 heteroatoms. The van der Waals surface area contributed by atoms with Gasteiger partial charge in [-0.1, -0.05) is 25.1 Å². The summed E-state index contributed by atoms with van der Waals surface area (Å²) in [6, 6.07) is 9.68. The van der Waals surface area contributed by atoms with Crippen molar-refractivity contribution in [1.82, 2.24) is 5.43 Å². The highest BCUT2D eigenvalue weighted by Gasteiger charge is 2.22. The first-order valence-corrected chi connectivity index (χ1v) is 9.20. The molecular weight excluding hydrogens is 376 g/mol. The third-order valence-corrected chi connectivity index (χ3v) is 3.78. The second kappa shape index (κ2) is 10.6. The van der Waals surface area contributed by atoms with E-state index in [0.717, 1.165) is 5.56 Å². The van der Waals surface area contributed by atoms with Gasteiger partial charge in [0, 0.05) is 17.3 Å². The standard InChI is InChI=1S/C20H24N4O5/c1-4-10-29-19-17(24(26)27)11-15(12-18(19)28-5-2)13-21-23-20(25)22-16-9-7-6-8-14(16)3/h6-9,11-13H,4-5,10H2,1-3H3,(H2,22,23,25)/b21-13-. The van der Waals surface area contributed by atoms with Gasteiger partial charge in [-0.25, -0.2) is 10.2 Å². The number of benzene rings is 2. The topological polar surface area (TPSA) is 115 Å². The van der Waals surface area contributed by atoms with E-state index in [2.05, 4.69) is 15.8 Å². The van der Waals surface area contributed by atoms with Crippen LogP contribution in [0.15, 0.2) is 41.5 Å². The number of hydrogen-bond acceptors (Lipinski definition) is 6. The number of rotatable bonds is 9. The molecule has 0 heterocycles. The normalized spacial score (nSPS) is 10.6. The molecule has 0 radical (unpaired) electrons. The first-order valence-electron chi connectivity index (χ1n) is 9.20. The summed E-state index contributed by atoms with van der Waals surface area (Å²) in [4.78, 5) is 22.9. The van der Waals surface area contributed by atoms with Crippen LogP contribution in [0.1, 0.15) is 31.4 Å². The van der Waals surface area contributed by atoms with Gasteiger partial charge in [-0.05, 0) is 38.0 Å². The third kappa shape index (κ3) is 6.20. The Bertz CT molecular complexity index is 898. The Morgan fingerprint density at radius 1 is 1.24 bits per heavy atom. The number of amides is 2. The van der Waals surface area contributed by atoms with E-state index in [1.807, 2.05) is 32.0 Å². The molecular formula is C20H24N4O5. The van der Waals surface area contributed by atoms with Crippen LogP contribution < -0.4 is 20.2 Å². The molecule has 0 unspecified atom stereocenters. The zero-order chi connectivity index (χ0) is 21.2. The summed E-state index contributed by atoms with van der Waals surface area (Å²) in [6.45, 7) is 6.19. The molecule has 154 valence electrons. The molecule has 0 fully saturated rings. The van der Waals surface area contributed by atoms with Gasteiger partial charge >= 0.3 is 11.7 Å². The van der Waals surface area contributed by atoms with E-state index in [4.69, 9.17) is 9.47 Å². The van der Waals surface area contributed by atoms with Crippen molar-refractivity contribution in [1.29, 1.82) is 0 Å². The molecule has 0 aliphatic heterocycles. The summed E-state index contributed by atoms with van der Waals surface area (Å²) in [5, 5.41) is 18.0. The Morgan fingerprint density at radius 2 is 2.00 bits per heavy atom. The Balaban J connectivity index is 2.17. The lowest BCUT2D eigenvalue weighted by molar-refractivity contribution is -0.386. The summed E-state index contributed by atoms with van der Waals surface area (Å²) in [5.74, 6) is 0.335. The van der Waals surface area contributed by atoms with Crippen molar-refractivity contribution in [2.45, 2.75) is 27.2 Å². The van der Waals surface area contributed by atoms with Crippen LogP contribution in [0.2, 0.25) is 0 Å². The van der Waals surface area contributed by atoms with Crippen LogP contribution in [-0.4, -0.2) is 30.4 Å². The Hall–Kier alpha value is -3.62. The lowest BCUT2D eigenvalue weighted by Gasteiger charge is -2.12. The Labute approximate surface area is 168 Å². The van der Waals surface area contributed by atoms with Gasteiger partial charge in [0.05, 0.1) is 24.4 Å². The molecule has 0 aliphatic rings. The Kier molecular flexibility index (Phi) is 7.96. The summed E-state index contributed by atoms with van der Waals surface area (Å²) in [5.41, 5.74) is 4.06. The van der Waals surface area contributed by atoms with Gasteiger partial charge in [0.15, 0.2) is 5.75 Å². The van der Waals surface area contributed by atoms with E-state index in [0.29, 0.717) is 30.9 Å². The molecule has 0 saturated heterocycles. The lowest BCUT2D eigenvalue weighted by atomic mass is 10.2. The number of nitrogens with zero attached hydrogens (tertiary/aromatic N) is 2. The number of anilines is 1. The molecule has 2 rings (SSSR count). The van der Waals surface area contributed by atoms with E-state index in [1.165, 1.54) is 12.3 Å². The number of urea groups is 1. The number of nitrogens with one attached hydrogen (secondary N) is 2.